The van der Waals surface area contributed by atoms with Crippen molar-refractivity contribution < 1.29 is 17.6 Å². The summed E-state index contributed by atoms with van der Waals surface area (Å²) in [6.07, 6.45) is 4.50. The quantitative estimate of drug-likeness (QED) is 0.238. The number of rotatable bonds is 10. The molecule has 0 unspecified atom stereocenters. The van der Waals surface area contributed by atoms with Crippen LogP contribution in [0.4, 0.5) is 4.39 Å². The molecule has 0 aliphatic heterocycles. The second kappa shape index (κ2) is 11.2. The Morgan fingerprint density at radius 3 is 2.49 bits per heavy atom. The number of benzene rings is 2. The molecular formula is C33H37FN4O4S. The minimum Gasteiger partial charge on any atom is -0.348 e. The maximum Gasteiger partial charge on any atom is 0.253 e. The smallest absolute Gasteiger partial charge is 0.253 e. The lowest BCUT2D eigenvalue weighted by molar-refractivity contribution is 0.0952. The molecule has 5 rings (SSSR count). The van der Waals surface area contributed by atoms with Crippen molar-refractivity contribution in [1.29, 1.82) is 0 Å². The Labute approximate surface area is 251 Å². The maximum absolute atomic E-state index is 15.4. The molecule has 43 heavy (non-hydrogen) atoms. The van der Waals surface area contributed by atoms with E-state index in [9.17, 15) is 18.0 Å². The molecule has 2 aromatic heterocycles. The number of amides is 1. The van der Waals surface area contributed by atoms with Gasteiger partial charge in [-0.25, -0.2) is 16.8 Å². The first kappa shape index (κ1) is 30.4. The van der Waals surface area contributed by atoms with E-state index in [4.69, 9.17) is 0 Å². The number of carbonyl (C=O) groups is 1. The number of nitrogens with one attached hydrogen (secondary N) is 2. The summed E-state index contributed by atoms with van der Waals surface area (Å²) in [4.78, 5) is 31.1. The molecule has 1 saturated carbocycles. The van der Waals surface area contributed by atoms with Crippen molar-refractivity contribution >= 4 is 26.8 Å². The van der Waals surface area contributed by atoms with Gasteiger partial charge in [0.25, 0.3) is 11.5 Å². The molecule has 4 aromatic rings. The lowest BCUT2D eigenvalue weighted by atomic mass is 9.96. The number of H-pyrrole nitrogens is 1. The third-order valence-electron chi connectivity index (χ3n) is 8.20. The second-order valence-corrected chi connectivity index (χ2v) is 14.1. The molecular weight excluding hydrogens is 567 g/mol. The van der Waals surface area contributed by atoms with Gasteiger partial charge in [-0.15, -0.1) is 6.58 Å². The van der Waals surface area contributed by atoms with E-state index >= 15 is 4.39 Å². The van der Waals surface area contributed by atoms with Crippen LogP contribution in [-0.2, 0) is 23.1 Å². The van der Waals surface area contributed by atoms with Gasteiger partial charge in [0.15, 0.2) is 0 Å². The highest BCUT2D eigenvalue weighted by atomic mass is 32.2. The predicted octanol–water partition coefficient (Wildman–Crippen LogP) is 5.34. The van der Waals surface area contributed by atoms with E-state index < -0.39 is 26.5 Å². The normalized spacial score (nSPS) is 14.3. The van der Waals surface area contributed by atoms with Crippen LogP contribution in [0.1, 0.15) is 57.6 Å². The highest BCUT2D eigenvalue weighted by molar-refractivity contribution is 7.91. The van der Waals surface area contributed by atoms with Gasteiger partial charge >= 0.3 is 0 Å². The minimum absolute atomic E-state index is 0.0286. The first-order chi connectivity index (χ1) is 20.3. The average molecular weight is 605 g/mol. The first-order valence-corrected chi connectivity index (χ1v) is 15.6. The van der Waals surface area contributed by atoms with Gasteiger partial charge in [-0.1, -0.05) is 12.1 Å². The van der Waals surface area contributed by atoms with Crippen LogP contribution in [0.2, 0.25) is 0 Å². The van der Waals surface area contributed by atoms with Gasteiger partial charge < -0.3 is 15.2 Å². The fraction of sp³-hybridized carbons (Fsp3) is 0.333. The highest BCUT2D eigenvalue weighted by Gasteiger charge is 2.54. The Kier molecular flexibility index (Phi) is 7.96. The van der Waals surface area contributed by atoms with Crippen molar-refractivity contribution in [3.63, 3.8) is 0 Å². The van der Waals surface area contributed by atoms with Crippen LogP contribution in [0, 0.1) is 26.6 Å². The summed E-state index contributed by atoms with van der Waals surface area (Å²) in [5.74, 6) is -0.986. The van der Waals surface area contributed by atoms with Gasteiger partial charge in [0.1, 0.15) is 5.82 Å². The zero-order chi connectivity index (χ0) is 31.3. The summed E-state index contributed by atoms with van der Waals surface area (Å²) in [5.41, 5.74) is 4.19. The van der Waals surface area contributed by atoms with Gasteiger partial charge in [0, 0.05) is 47.1 Å². The van der Waals surface area contributed by atoms with E-state index in [2.05, 4.69) is 16.9 Å². The third-order valence-corrected chi connectivity index (χ3v) is 10.7. The summed E-state index contributed by atoms with van der Waals surface area (Å²) in [6, 6.07) is 9.89. The Morgan fingerprint density at radius 2 is 1.86 bits per heavy atom. The highest BCUT2D eigenvalue weighted by Crippen LogP contribution is 2.49. The standard InChI is InChI=1S/C33H37FN4O4S/c1-7-10-33(11-12-33)43(41,42)38-18-21(3)30-26(31(39)35-17-27-20(2)13-22(4)36-32(27)40)15-24(16-29(30)38)25-14-23(19-37(5)6)8-9-28(25)34/h7-9,13-16,18H,1,10-12,17,19H2,2-6H3,(H,35,39)(H,36,40). The summed E-state index contributed by atoms with van der Waals surface area (Å²) < 4.78 is 43.7. The van der Waals surface area contributed by atoms with E-state index in [0.717, 1.165) is 11.1 Å². The van der Waals surface area contributed by atoms with Crippen LogP contribution in [0.25, 0.3) is 22.0 Å². The zero-order valence-electron chi connectivity index (χ0n) is 25.2. The number of hydrogen-bond donors (Lipinski definition) is 2. The summed E-state index contributed by atoms with van der Waals surface area (Å²) in [7, 11) is -0.0486. The zero-order valence-corrected chi connectivity index (χ0v) is 26.0. The molecule has 0 saturated heterocycles. The molecule has 2 N–H and O–H groups in total. The molecule has 2 aromatic carbocycles. The molecule has 0 bridgehead atoms. The largest absolute Gasteiger partial charge is 0.348 e. The maximum atomic E-state index is 15.4. The molecule has 8 nitrogen and oxygen atoms in total. The van der Waals surface area contributed by atoms with E-state index in [1.54, 1.807) is 51.1 Å². The number of halogens is 1. The van der Waals surface area contributed by atoms with Gasteiger partial charge in [0.05, 0.1) is 10.3 Å². The molecule has 10 heteroatoms. The Balaban J connectivity index is 1.69. The third kappa shape index (κ3) is 5.57. The van der Waals surface area contributed by atoms with E-state index in [0.29, 0.717) is 59.1 Å². The number of fused-ring (bicyclic) bond motifs is 1. The van der Waals surface area contributed by atoms with Crippen molar-refractivity contribution in [2.24, 2.45) is 0 Å². The molecule has 0 radical (unpaired) electrons. The lowest BCUT2D eigenvalue weighted by Crippen LogP contribution is -2.29. The van der Waals surface area contributed by atoms with Crippen LogP contribution in [0.3, 0.4) is 0 Å². The number of hydrogen-bond acceptors (Lipinski definition) is 5. The fourth-order valence-electron chi connectivity index (χ4n) is 5.86. The predicted molar refractivity (Wildman–Crippen MR) is 168 cm³/mol. The minimum atomic E-state index is -3.87. The van der Waals surface area contributed by atoms with Gasteiger partial charge in [-0.05, 0) is 107 Å². The Hall–Kier alpha value is -4.02. The SMILES string of the molecule is C=CCC1(S(=O)(=O)n2cc(C)c3c(C(=O)NCc4c(C)cc(C)[nH]c4=O)cc(-c4cc(CN(C)C)ccc4F)cc32)CC1. The van der Waals surface area contributed by atoms with E-state index in [1.807, 2.05) is 25.1 Å². The Morgan fingerprint density at radius 1 is 1.14 bits per heavy atom. The second-order valence-electron chi connectivity index (χ2n) is 11.9. The van der Waals surface area contributed by atoms with E-state index in [1.165, 1.54) is 16.2 Å². The molecule has 1 amide bonds. The number of aryl methyl sites for hydroxylation is 3. The van der Waals surface area contributed by atoms with Crippen LogP contribution in [-0.4, -0.2) is 47.0 Å². The van der Waals surface area contributed by atoms with Crippen molar-refractivity contribution in [1.82, 2.24) is 19.2 Å². The number of allylic oxidation sites excluding steroid dienone is 1. The van der Waals surface area contributed by atoms with Gasteiger partial charge in [0.2, 0.25) is 10.0 Å². The number of nitrogens with zero attached hydrogens (tertiary/aromatic N) is 2. The van der Waals surface area contributed by atoms with Crippen molar-refractivity contribution in [3.8, 4) is 11.1 Å². The molecule has 1 aliphatic carbocycles. The lowest BCUT2D eigenvalue weighted by Gasteiger charge is -2.18. The molecule has 1 aliphatic rings. The molecule has 2 heterocycles. The van der Waals surface area contributed by atoms with Crippen LogP contribution in [0.5, 0.6) is 0 Å². The summed E-state index contributed by atoms with van der Waals surface area (Å²) in [5, 5.41) is 3.30. The Bertz CT molecular complexity index is 1930. The monoisotopic (exact) mass is 604 g/mol. The number of aromatic amines is 1. The van der Waals surface area contributed by atoms with Crippen molar-refractivity contribution in [2.45, 2.75) is 57.9 Å². The first-order valence-electron chi connectivity index (χ1n) is 14.2. The van der Waals surface area contributed by atoms with Crippen LogP contribution in [0.15, 0.2) is 60.0 Å². The van der Waals surface area contributed by atoms with Gasteiger partial charge in [-0.2, -0.15) is 0 Å². The fourth-order valence-corrected chi connectivity index (χ4v) is 7.92. The number of pyridine rings is 1. The molecule has 0 atom stereocenters. The molecule has 0 spiro atoms. The van der Waals surface area contributed by atoms with Crippen molar-refractivity contribution in [2.75, 3.05) is 14.1 Å². The topological polar surface area (TPSA) is 104 Å². The van der Waals surface area contributed by atoms with Crippen LogP contribution >= 0.6 is 0 Å². The van der Waals surface area contributed by atoms with E-state index in [-0.39, 0.29) is 23.2 Å². The average Bonchev–Trinajstić information content (AvgIpc) is 3.65. The summed E-state index contributed by atoms with van der Waals surface area (Å²) in [6.45, 7) is 9.64. The molecule has 226 valence electrons. The number of carbonyl (C=O) groups excluding carboxylic acids is 1. The van der Waals surface area contributed by atoms with Crippen molar-refractivity contribution in [3.05, 3.63) is 105 Å². The summed E-state index contributed by atoms with van der Waals surface area (Å²) >= 11 is 0. The number of aromatic nitrogens is 2. The van der Waals surface area contributed by atoms with Gasteiger partial charge in [-0.3, -0.25) is 9.59 Å². The molecule has 1 fully saturated rings. The van der Waals surface area contributed by atoms with Crippen LogP contribution < -0.4 is 10.9 Å².